The molecule has 258 valence electrons. The second kappa shape index (κ2) is 12.6. The van der Waals surface area contributed by atoms with Crippen molar-refractivity contribution in [2.24, 2.45) is 0 Å². The van der Waals surface area contributed by atoms with Crippen LogP contribution < -0.4 is 4.90 Å². The third-order valence-corrected chi connectivity index (χ3v) is 10.9. The Morgan fingerprint density at radius 3 is 1.31 bits per heavy atom. The lowest BCUT2D eigenvalue weighted by Crippen LogP contribution is -2.10. The van der Waals surface area contributed by atoms with Crippen LogP contribution in [0.3, 0.4) is 0 Å². The second-order valence-electron chi connectivity index (χ2n) is 14.2. The molecule has 0 aliphatic carbocycles. The van der Waals surface area contributed by atoms with Crippen LogP contribution in [0.25, 0.3) is 88.0 Å². The molecule has 3 nitrogen and oxygen atoms in total. The van der Waals surface area contributed by atoms with Crippen LogP contribution in [0.1, 0.15) is 0 Å². The van der Waals surface area contributed by atoms with Crippen molar-refractivity contribution in [2.75, 3.05) is 4.90 Å². The molecular weight excluding hydrogens is 671 g/mol. The lowest BCUT2D eigenvalue weighted by Gasteiger charge is -2.26. The number of rotatable bonds is 6. The van der Waals surface area contributed by atoms with Crippen molar-refractivity contribution < 1.29 is 8.83 Å². The van der Waals surface area contributed by atoms with E-state index in [4.69, 9.17) is 8.83 Å². The summed E-state index contributed by atoms with van der Waals surface area (Å²) in [5, 5.41) is 7.00. The Bertz CT molecular complexity index is 3050. The maximum atomic E-state index is 6.11. The van der Waals surface area contributed by atoms with E-state index in [1.807, 2.05) is 24.3 Å². The average molecular weight is 704 g/mol. The average Bonchev–Trinajstić information content (AvgIpc) is 3.82. The first-order chi connectivity index (χ1) is 27.2. The van der Waals surface area contributed by atoms with Crippen molar-refractivity contribution in [1.29, 1.82) is 0 Å². The molecule has 2 heterocycles. The summed E-state index contributed by atoms with van der Waals surface area (Å²) in [4.78, 5) is 2.34. The van der Waals surface area contributed by atoms with Gasteiger partial charge in [0.15, 0.2) is 0 Å². The van der Waals surface area contributed by atoms with Crippen LogP contribution >= 0.6 is 0 Å². The van der Waals surface area contributed by atoms with Crippen LogP contribution in [0.15, 0.2) is 209 Å². The summed E-state index contributed by atoms with van der Waals surface area (Å²) in [5.74, 6) is 0. The lowest BCUT2D eigenvalue weighted by atomic mass is 9.99. The molecule has 0 aliphatic rings. The van der Waals surface area contributed by atoms with Gasteiger partial charge in [-0.05, 0) is 123 Å². The number of anilines is 3. The maximum Gasteiger partial charge on any atom is 0.135 e. The molecule has 0 saturated carbocycles. The van der Waals surface area contributed by atoms with Gasteiger partial charge in [-0.3, -0.25) is 0 Å². The van der Waals surface area contributed by atoms with E-state index in [1.165, 1.54) is 21.9 Å². The number of benzene rings is 9. The Balaban J connectivity index is 0.994. The summed E-state index contributed by atoms with van der Waals surface area (Å²) in [6, 6.07) is 71.3. The van der Waals surface area contributed by atoms with Gasteiger partial charge in [0.05, 0.1) is 0 Å². The standard InChI is InChI=1S/C52H33NO2/c1-2-9-37-30-39(17-16-34(37)8-1)38-10-7-11-44(31-38)53(42-24-18-35(19-25-42)40-22-28-51-47(32-40)45-12-3-5-14-49(45)54-51)43-26-20-36(21-27-43)41-23-29-52-48(33-41)46-13-4-6-15-50(46)55-52/h1-33H. The van der Waals surface area contributed by atoms with Crippen molar-refractivity contribution in [3.63, 3.8) is 0 Å². The van der Waals surface area contributed by atoms with Crippen LogP contribution in [0.2, 0.25) is 0 Å². The van der Waals surface area contributed by atoms with Crippen LogP contribution in [0, 0.1) is 0 Å². The third kappa shape index (κ3) is 5.45. The van der Waals surface area contributed by atoms with Crippen molar-refractivity contribution in [1.82, 2.24) is 0 Å². The highest BCUT2D eigenvalue weighted by molar-refractivity contribution is 6.07. The Morgan fingerprint density at radius 2 is 0.709 bits per heavy atom. The minimum absolute atomic E-state index is 0.903. The van der Waals surface area contributed by atoms with Gasteiger partial charge in [-0.15, -0.1) is 0 Å². The minimum atomic E-state index is 0.903. The van der Waals surface area contributed by atoms with E-state index in [0.29, 0.717) is 0 Å². The van der Waals surface area contributed by atoms with Gasteiger partial charge in [-0.25, -0.2) is 0 Å². The van der Waals surface area contributed by atoms with E-state index in [2.05, 4.69) is 181 Å². The topological polar surface area (TPSA) is 29.5 Å². The Morgan fingerprint density at radius 1 is 0.255 bits per heavy atom. The van der Waals surface area contributed by atoms with Gasteiger partial charge in [-0.2, -0.15) is 0 Å². The number of para-hydroxylation sites is 2. The molecule has 0 radical (unpaired) electrons. The first-order valence-electron chi connectivity index (χ1n) is 18.6. The van der Waals surface area contributed by atoms with E-state index in [9.17, 15) is 0 Å². The van der Waals surface area contributed by atoms with E-state index in [0.717, 1.165) is 83.2 Å². The van der Waals surface area contributed by atoms with E-state index in [1.54, 1.807) is 0 Å². The number of hydrogen-bond donors (Lipinski definition) is 0. The Labute approximate surface area is 317 Å². The Hall–Kier alpha value is -7.36. The summed E-state index contributed by atoms with van der Waals surface area (Å²) < 4.78 is 12.2. The first kappa shape index (κ1) is 31.2. The number of fused-ring (bicyclic) bond motifs is 7. The number of nitrogens with zero attached hydrogens (tertiary/aromatic N) is 1. The number of furan rings is 2. The highest BCUT2D eigenvalue weighted by Crippen LogP contribution is 2.40. The van der Waals surface area contributed by atoms with Gasteiger partial charge < -0.3 is 13.7 Å². The van der Waals surface area contributed by atoms with Gasteiger partial charge >= 0.3 is 0 Å². The van der Waals surface area contributed by atoms with Gasteiger partial charge in [0.2, 0.25) is 0 Å². The molecule has 0 saturated heterocycles. The molecule has 0 amide bonds. The zero-order valence-corrected chi connectivity index (χ0v) is 29.8. The molecule has 0 atom stereocenters. The summed E-state index contributed by atoms with van der Waals surface area (Å²) in [6.07, 6.45) is 0. The molecule has 55 heavy (non-hydrogen) atoms. The van der Waals surface area contributed by atoms with Crippen LogP contribution in [-0.2, 0) is 0 Å². The highest BCUT2D eigenvalue weighted by atomic mass is 16.3. The molecule has 11 aromatic rings. The van der Waals surface area contributed by atoms with E-state index in [-0.39, 0.29) is 0 Å². The fraction of sp³-hybridized carbons (Fsp3) is 0. The van der Waals surface area contributed by atoms with E-state index >= 15 is 0 Å². The SMILES string of the molecule is c1cc(-c2ccc3ccccc3c2)cc(N(c2ccc(-c3ccc4oc5ccccc5c4c3)cc2)c2ccc(-c3ccc4oc5ccccc5c4c3)cc2)c1. The summed E-state index contributed by atoms with van der Waals surface area (Å²) in [7, 11) is 0. The highest BCUT2D eigenvalue weighted by Gasteiger charge is 2.16. The zero-order valence-electron chi connectivity index (χ0n) is 29.8. The van der Waals surface area contributed by atoms with Crippen LogP contribution in [-0.4, -0.2) is 0 Å². The molecule has 0 unspecified atom stereocenters. The summed E-state index contributed by atoms with van der Waals surface area (Å²) in [6.45, 7) is 0. The fourth-order valence-corrected chi connectivity index (χ4v) is 8.06. The van der Waals surface area contributed by atoms with Crippen LogP contribution in [0.5, 0.6) is 0 Å². The molecule has 0 fully saturated rings. The van der Waals surface area contributed by atoms with Crippen LogP contribution in [0.4, 0.5) is 17.1 Å². The van der Waals surface area contributed by atoms with Gasteiger partial charge in [0, 0.05) is 38.6 Å². The molecule has 9 aromatic carbocycles. The maximum absolute atomic E-state index is 6.11. The Kier molecular flexibility index (Phi) is 7.17. The fourth-order valence-electron chi connectivity index (χ4n) is 8.06. The van der Waals surface area contributed by atoms with E-state index < -0.39 is 0 Å². The predicted molar refractivity (Wildman–Crippen MR) is 229 cm³/mol. The summed E-state index contributed by atoms with van der Waals surface area (Å²) in [5.41, 5.74) is 13.8. The summed E-state index contributed by atoms with van der Waals surface area (Å²) >= 11 is 0. The lowest BCUT2D eigenvalue weighted by molar-refractivity contribution is 0.668. The smallest absolute Gasteiger partial charge is 0.135 e. The normalized spacial score (nSPS) is 11.6. The molecule has 0 bridgehead atoms. The minimum Gasteiger partial charge on any atom is -0.456 e. The third-order valence-electron chi connectivity index (χ3n) is 10.9. The molecule has 3 heteroatoms. The zero-order chi connectivity index (χ0) is 36.3. The molecular formula is C52H33NO2. The van der Waals surface area contributed by atoms with Gasteiger partial charge in [0.25, 0.3) is 0 Å². The van der Waals surface area contributed by atoms with Crippen molar-refractivity contribution in [2.45, 2.75) is 0 Å². The van der Waals surface area contributed by atoms with Gasteiger partial charge in [0.1, 0.15) is 22.3 Å². The van der Waals surface area contributed by atoms with Gasteiger partial charge in [-0.1, -0.05) is 121 Å². The van der Waals surface area contributed by atoms with Crippen molar-refractivity contribution in [3.8, 4) is 33.4 Å². The quantitative estimate of drug-likeness (QED) is 0.173. The molecule has 0 spiro atoms. The second-order valence-corrected chi connectivity index (χ2v) is 14.2. The monoisotopic (exact) mass is 703 g/mol. The number of hydrogen-bond acceptors (Lipinski definition) is 3. The molecule has 0 aliphatic heterocycles. The molecule has 0 N–H and O–H groups in total. The molecule has 2 aromatic heterocycles. The molecule has 11 rings (SSSR count). The van der Waals surface area contributed by atoms with Crippen molar-refractivity contribution in [3.05, 3.63) is 200 Å². The van der Waals surface area contributed by atoms with Crippen molar-refractivity contribution >= 4 is 71.7 Å². The first-order valence-corrected chi connectivity index (χ1v) is 18.6. The largest absolute Gasteiger partial charge is 0.456 e. The predicted octanol–water partition coefficient (Wildman–Crippen LogP) is 15.1.